The zero-order chi connectivity index (χ0) is 24.1. The lowest BCUT2D eigenvalue weighted by molar-refractivity contribution is -0.122. The summed E-state index contributed by atoms with van der Waals surface area (Å²) in [6.45, 7) is 0.0784. The third-order valence-corrected chi connectivity index (χ3v) is 7.68. The van der Waals surface area contributed by atoms with Gasteiger partial charge in [0.25, 0.3) is 0 Å². The van der Waals surface area contributed by atoms with Gasteiger partial charge in [-0.3, -0.25) is 4.79 Å². The predicted octanol–water partition coefficient (Wildman–Crippen LogP) is 2.30. The van der Waals surface area contributed by atoms with E-state index < -0.39 is 32.0 Å². The quantitative estimate of drug-likeness (QED) is 0.375. The number of benzene rings is 3. The molecule has 0 radical (unpaired) electrons. The first kappa shape index (κ1) is 25.1. The molecule has 8 nitrogen and oxygen atoms in total. The van der Waals surface area contributed by atoms with Crippen molar-refractivity contribution in [2.75, 3.05) is 0 Å². The Labute approximate surface area is 201 Å². The highest BCUT2D eigenvalue weighted by Crippen LogP contribution is 2.16. The van der Waals surface area contributed by atoms with Gasteiger partial charge < -0.3 is 5.32 Å². The number of primary sulfonamides is 1. The van der Waals surface area contributed by atoms with Gasteiger partial charge in [0.05, 0.1) is 9.79 Å². The first-order chi connectivity index (χ1) is 15.5. The summed E-state index contributed by atoms with van der Waals surface area (Å²) in [7, 11) is -7.77. The van der Waals surface area contributed by atoms with Crippen LogP contribution in [0.2, 0.25) is 0 Å². The molecule has 0 aliphatic carbocycles. The summed E-state index contributed by atoms with van der Waals surface area (Å²) in [5.74, 6) is -0.518. The highest BCUT2D eigenvalue weighted by atomic mass is 79.9. The van der Waals surface area contributed by atoms with Gasteiger partial charge in [-0.05, 0) is 53.9 Å². The van der Waals surface area contributed by atoms with Crippen LogP contribution in [-0.4, -0.2) is 28.8 Å². The number of sulfonamides is 2. The number of hydrogen-bond donors (Lipinski definition) is 3. The van der Waals surface area contributed by atoms with E-state index in [1.54, 1.807) is 36.4 Å². The lowest BCUT2D eigenvalue weighted by atomic mass is 10.1. The molecule has 0 bridgehead atoms. The van der Waals surface area contributed by atoms with Crippen molar-refractivity contribution < 1.29 is 21.6 Å². The smallest absolute Gasteiger partial charge is 0.241 e. The molecule has 0 spiro atoms. The van der Waals surface area contributed by atoms with Gasteiger partial charge in [-0.15, -0.1) is 0 Å². The molecule has 0 saturated carbocycles. The normalized spacial score (nSPS) is 12.8. The standard InChI is InChI=1S/C22H22BrN3O5S2/c23-18-8-12-20(13-9-18)33(30,31)26-21(14-16-4-2-1-3-5-16)22(27)25-15-17-6-10-19(11-7-17)32(24,28)29/h1-13,21,26H,14-15H2,(H,25,27)(H2,24,28,29). The van der Waals surface area contributed by atoms with E-state index in [1.807, 2.05) is 6.07 Å². The number of rotatable bonds is 9. The van der Waals surface area contributed by atoms with Crippen LogP contribution in [0.5, 0.6) is 0 Å². The minimum atomic E-state index is -3.96. The third-order valence-electron chi connectivity index (χ3n) is 4.74. The molecule has 11 heteroatoms. The number of nitrogens with two attached hydrogens (primary N) is 1. The van der Waals surface area contributed by atoms with Gasteiger partial charge in [-0.2, -0.15) is 4.72 Å². The average molecular weight is 552 g/mol. The molecule has 1 unspecified atom stereocenters. The molecule has 4 N–H and O–H groups in total. The molecule has 0 aliphatic heterocycles. The fraction of sp³-hybridized carbons (Fsp3) is 0.136. The lowest BCUT2D eigenvalue weighted by Crippen LogP contribution is -2.47. The van der Waals surface area contributed by atoms with Crippen LogP contribution in [0.25, 0.3) is 0 Å². The first-order valence-electron chi connectivity index (χ1n) is 9.76. The van der Waals surface area contributed by atoms with Crippen LogP contribution in [0.15, 0.2) is 93.1 Å². The Morgan fingerprint density at radius 1 is 0.818 bits per heavy atom. The van der Waals surface area contributed by atoms with Crippen LogP contribution < -0.4 is 15.2 Å². The molecule has 3 rings (SSSR count). The zero-order valence-corrected chi connectivity index (χ0v) is 20.5. The highest BCUT2D eigenvalue weighted by Gasteiger charge is 2.26. The predicted molar refractivity (Wildman–Crippen MR) is 128 cm³/mol. The van der Waals surface area contributed by atoms with Crippen molar-refractivity contribution in [2.45, 2.75) is 28.8 Å². The molecule has 3 aromatic rings. The Hall–Kier alpha value is -2.57. The van der Waals surface area contributed by atoms with E-state index in [2.05, 4.69) is 26.0 Å². The summed E-state index contributed by atoms with van der Waals surface area (Å²) in [6.07, 6.45) is 0.146. The topological polar surface area (TPSA) is 135 Å². The van der Waals surface area contributed by atoms with Gasteiger partial charge in [0.2, 0.25) is 26.0 Å². The molecule has 0 saturated heterocycles. The second-order valence-electron chi connectivity index (χ2n) is 7.22. The van der Waals surface area contributed by atoms with Gasteiger partial charge >= 0.3 is 0 Å². The van der Waals surface area contributed by atoms with Crippen molar-refractivity contribution in [3.8, 4) is 0 Å². The van der Waals surface area contributed by atoms with E-state index in [0.29, 0.717) is 5.56 Å². The average Bonchev–Trinajstić information content (AvgIpc) is 2.77. The second kappa shape index (κ2) is 10.6. The number of carbonyl (C=O) groups excluding carboxylic acids is 1. The Morgan fingerprint density at radius 2 is 1.39 bits per heavy atom. The number of amides is 1. The molecule has 0 aliphatic rings. The minimum absolute atomic E-state index is 0.0372. The molecule has 33 heavy (non-hydrogen) atoms. The van der Waals surface area contributed by atoms with E-state index in [1.165, 1.54) is 36.4 Å². The summed E-state index contributed by atoms with van der Waals surface area (Å²) < 4.78 is 51.7. The summed E-state index contributed by atoms with van der Waals surface area (Å²) in [5, 5.41) is 7.80. The van der Waals surface area contributed by atoms with Crippen molar-refractivity contribution in [2.24, 2.45) is 5.14 Å². The zero-order valence-electron chi connectivity index (χ0n) is 17.3. The van der Waals surface area contributed by atoms with Crippen molar-refractivity contribution in [1.82, 2.24) is 10.0 Å². The number of halogens is 1. The van der Waals surface area contributed by atoms with Gasteiger partial charge in [-0.1, -0.05) is 58.4 Å². The Bertz CT molecular complexity index is 1310. The maximum atomic E-state index is 12.9. The summed E-state index contributed by atoms with van der Waals surface area (Å²) in [6, 6.07) is 19.8. The van der Waals surface area contributed by atoms with Crippen molar-refractivity contribution >= 4 is 41.9 Å². The number of hydrogen-bond acceptors (Lipinski definition) is 5. The largest absolute Gasteiger partial charge is 0.351 e. The van der Waals surface area contributed by atoms with E-state index >= 15 is 0 Å². The number of carbonyl (C=O) groups is 1. The van der Waals surface area contributed by atoms with E-state index in [9.17, 15) is 21.6 Å². The number of nitrogens with one attached hydrogen (secondary N) is 2. The first-order valence-corrected chi connectivity index (χ1v) is 13.6. The van der Waals surface area contributed by atoms with Crippen molar-refractivity contribution in [1.29, 1.82) is 0 Å². The Balaban J connectivity index is 1.77. The SMILES string of the molecule is NS(=O)(=O)c1ccc(CNC(=O)C(Cc2ccccc2)NS(=O)(=O)c2ccc(Br)cc2)cc1. The maximum absolute atomic E-state index is 12.9. The van der Waals surface area contributed by atoms with Crippen LogP contribution in [-0.2, 0) is 37.8 Å². The van der Waals surface area contributed by atoms with Crippen molar-refractivity contribution in [3.63, 3.8) is 0 Å². The highest BCUT2D eigenvalue weighted by molar-refractivity contribution is 9.10. The molecule has 0 heterocycles. The fourth-order valence-corrected chi connectivity index (χ4v) is 4.99. The summed E-state index contributed by atoms with van der Waals surface area (Å²) in [4.78, 5) is 12.9. The summed E-state index contributed by atoms with van der Waals surface area (Å²) in [5.41, 5.74) is 1.42. The molecular weight excluding hydrogens is 530 g/mol. The van der Waals surface area contributed by atoms with Crippen LogP contribution in [0.4, 0.5) is 0 Å². The monoisotopic (exact) mass is 551 g/mol. The van der Waals surface area contributed by atoms with Gasteiger partial charge in [0, 0.05) is 11.0 Å². The van der Waals surface area contributed by atoms with E-state index in [0.717, 1.165) is 10.0 Å². The van der Waals surface area contributed by atoms with Crippen LogP contribution in [0.3, 0.4) is 0 Å². The van der Waals surface area contributed by atoms with E-state index in [-0.39, 0.29) is 22.8 Å². The molecule has 1 amide bonds. The van der Waals surface area contributed by atoms with E-state index in [4.69, 9.17) is 5.14 Å². The molecule has 3 aromatic carbocycles. The lowest BCUT2D eigenvalue weighted by Gasteiger charge is -2.19. The Morgan fingerprint density at radius 3 is 1.97 bits per heavy atom. The van der Waals surface area contributed by atoms with Crippen LogP contribution in [0.1, 0.15) is 11.1 Å². The Kier molecular flexibility index (Phi) is 8.03. The second-order valence-corrected chi connectivity index (χ2v) is 11.4. The van der Waals surface area contributed by atoms with Crippen LogP contribution >= 0.6 is 15.9 Å². The molecule has 174 valence electrons. The molecule has 0 fully saturated rings. The van der Waals surface area contributed by atoms with Gasteiger partial charge in [0.1, 0.15) is 6.04 Å². The van der Waals surface area contributed by atoms with Crippen LogP contribution in [0, 0.1) is 0 Å². The minimum Gasteiger partial charge on any atom is -0.351 e. The van der Waals surface area contributed by atoms with Gasteiger partial charge in [-0.25, -0.2) is 22.0 Å². The maximum Gasteiger partial charge on any atom is 0.241 e. The molecule has 0 aromatic heterocycles. The van der Waals surface area contributed by atoms with Gasteiger partial charge in [0.15, 0.2) is 0 Å². The summed E-state index contributed by atoms with van der Waals surface area (Å²) >= 11 is 3.27. The van der Waals surface area contributed by atoms with Crippen molar-refractivity contribution in [3.05, 3.63) is 94.5 Å². The molecule has 1 atom stereocenters. The third kappa shape index (κ3) is 7.21. The molecular formula is C22H22BrN3O5S2. The fourth-order valence-electron chi connectivity index (χ4n) is 3.02.